The van der Waals surface area contributed by atoms with Crippen LogP contribution in [0, 0.1) is 0 Å². The number of nitrogens with zero attached hydrogens (tertiary/aromatic N) is 1. The molecule has 2 atom stereocenters. The highest BCUT2D eigenvalue weighted by Gasteiger charge is 2.39. The highest BCUT2D eigenvalue weighted by molar-refractivity contribution is 5.89. The first-order valence-corrected chi connectivity index (χ1v) is 5.69. The molecule has 2 unspecified atom stereocenters. The predicted octanol–water partition coefficient (Wildman–Crippen LogP) is 1.26. The Morgan fingerprint density at radius 1 is 1.38 bits per heavy atom. The Labute approximate surface area is 94.6 Å². The lowest BCUT2D eigenvalue weighted by Crippen LogP contribution is -2.48. The van der Waals surface area contributed by atoms with Crippen LogP contribution in [-0.4, -0.2) is 36.1 Å². The predicted molar refractivity (Wildman–Crippen MR) is 62.4 cm³/mol. The van der Waals surface area contributed by atoms with Crippen LogP contribution in [0.1, 0.15) is 6.42 Å². The number of hydrogen-bond acceptors (Lipinski definition) is 2. The van der Waals surface area contributed by atoms with Crippen molar-refractivity contribution in [1.29, 1.82) is 0 Å². The maximum Gasteiger partial charge on any atom is 0.322 e. The monoisotopic (exact) mass is 217 g/mol. The molecule has 1 aromatic carbocycles. The number of fused-ring (bicyclic) bond motifs is 2. The summed E-state index contributed by atoms with van der Waals surface area (Å²) >= 11 is 0. The standard InChI is InChI=1S/C12H15N3O/c16-12(14-9-4-2-1-3-5-9)15-8-10-6-11(15)7-13-10/h1-5,10-11,13H,6-8H2,(H,14,16). The molecule has 2 saturated heterocycles. The van der Waals surface area contributed by atoms with E-state index in [1.54, 1.807) is 0 Å². The van der Waals surface area contributed by atoms with Crippen molar-refractivity contribution in [2.24, 2.45) is 0 Å². The third-order valence-corrected chi connectivity index (χ3v) is 3.34. The maximum absolute atomic E-state index is 12.0. The quantitative estimate of drug-likeness (QED) is 0.744. The number of amides is 2. The number of likely N-dealkylation sites (tertiary alicyclic amines) is 1. The first-order chi connectivity index (χ1) is 7.83. The van der Waals surface area contributed by atoms with E-state index in [1.807, 2.05) is 35.2 Å². The zero-order valence-corrected chi connectivity index (χ0v) is 9.02. The Balaban J connectivity index is 1.66. The van der Waals surface area contributed by atoms with Crippen LogP contribution in [0.25, 0.3) is 0 Å². The van der Waals surface area contributed by atoms with Gasteiger partial charge >= 0.3 is 6.03 Å². The van der Waals surface area contributed by atoms with E-state index in [0.717, 1.165) is 25.2 Å². The Morgan fingerprint density at radius 2 is 2.19 bits per heavy atom. The molecular formula is C12H15N3O. The van der Waals surface area contributed by atoms with E-state index >= 15 is 0 Å². The second-order valence-electron chi connectivity index (χ2n) is 4.44. The van der Waals surface area contributed by atoms with Crippen LogP contribution >= 0.6 is 0 Å². The molecule has 1 aromatic rings. The Kier molecular flexibility index (Phi) is 2.29. The molecule has 3 rings (SSSR count). The van der Waals surface area contributed by atoms with E-state index in [2.05, 4.69) is 10.6 Å². The first-order valence-electron chi connectivity index (χ1n) is 5.69. The lowest BCUT2D eigenvalue weighted by molar-refractivity contribution is 0.199. The van der Waals surface area contributed by atoms with Gasteiger partial charge < -0.3 is 15.5 Å². The number of hydrogen-bond donors (Lipinski definition) is 2. The van der Waals surface area contributed by atoms with Crippen molar-refractivity contribution < 1.29 is 4.79 Å². The maximum atomic E-state index is 12.0. The van der Waals surface area contributed by atoms with Crippen molar-refractivity contribution in [1.82, 2.24) is 10.2 Å². The molecule has 2 aliphatic heterocycles. The topological polar surface area (TPSA) is 44.4 Å². The molecule has 0 spiro atoms. The van der Waals surface area contributed by atoms with E-state index < -0.39 is 0 Å². The van der Waals surface area contributed by atoms with E-state index in [0.29, 0.717) is 12.1 Å². The summed E-state index contributed by atoms with van der Waals surface area (Å²) in [5, 5.41) is 6.31. The summed E-state index contributed by atoms with van der Waals surface area (Å²) in [4.78, 5) is 13.9. The zero-order valence-electron chi connectivity index (χ0n) is 9.02. The van der Waals surface area contributed by atoms with Crippen LogP contribution in [0.4, 0.5) is 10.5 Å². The molecule has 4 nitrogen and oxygen atoms in total. The number of para-hydroxylation sites is 1. The SMILES string of the molecule is O=C(Nc1ccccc1)N1CC2CC1CN2. The van der Waals surface area contributed by atoms with Gasteiger partial charge in [-0.25, -0.2) is 4.79 Å². The number of benzene rings is 1. The fraction of sp³-hybridized carbons (Fsp3) is 0.417. The second kappa shape index (κ2) is 3.79. The van der Waals surface area contributed by atoms with Gasteiger partial charge in [0.2, 0.25) is 0 Å². The minimum Gasteiger partial charge on any atom is -0.319 e. The molecule has 4 heteroatoms. The summed E-state index contributed by atoms with van der Waals surface area (Å²) in [6.07, 6.45) is 1.10. The number of piperazine rings is 1. The van der Waals surface area contributed by atoms with Crippen molar-refractivity contribution in [3.63, 3.8) is 0 Å². The highest BCUT2D eigenvalue weighted by atomic mass is 16.2. The number of nitrogens with one attached hydrogen (secondary N) is 2. The van der Waals surface area contributed by atoms with Crippen LogP contribution in [0.2, 0.25) is 0 Å². The molecule has 2 bridgehead atoms. The second-order valence-corrected chi connectivity index (χ2v) is 4.44. The average molecular weight is 217 g/mol. The van der Waals surface area contributed by atoms with Gasteiger partial charge in [-0.15, -0.1) is 0 Å². The van der Waals surface area contributed by atoms with Crippen LogP contribution in [0.15, 0.2) is 30.3 Å². The van der Waals surface area contributed by atoms with Crippen molar-refractivity contribution >= 4 is 11.7 Å². The minimum absolute atomic E-state index is 0.0280. The van der Waals surface area contributed by atoms with Crippen LogP contribution in [0.3, 0.4) is 0 Å². The Hall–Kier alpha value is -1.55. The molecule has 2 aliphatic rings. The molecule has 0 aliphatic carbocycles. The largest absolute Gasteiger partial charge is 0.322 e. The van der Waals surface area contributed by atoms with Gasteiger partial charge in [-0.2, -0.15) is 0 Å². The average Bonchev–Trinajstić information content (AvgIpc) is 2.92. The minimum atomic E-state index is 0.0280. The van der Waals surface area contributed by atoms with Gasteiger partial charge in [-0.3, -0.25) is 0 Å². The summed E-state index contributed by atoms with van der Waals surface area (Å²) in [5.74, 6) is 0. The number of carbonyl (C=O) groups excluding carboxylic acids is 1. The van der Waals surface area contributed by atoms with Gasteiger partial charge in [0.1, 0.15) is 0 Å². The third kappa shape index (κ3) is 1.65. The fourth-order valence-corrected chi connectivity index (χ4v) is 2.53. The Bertz CT molecular complexity index is 393. The molecule has 16 heavy (non-hydrogen) atoms. The molecule has 2 fully saturated rings. The van der Waals surface area contributed by atoms with Gasteiger partial charge in [0, 0.05) is 30.9 Å². The molecular weight excluding hydrogens is 202 g/mol. The number of carbonyl (C=O) groups is 1. The van der Waals surface area contributed by atoms with E-state index in [1.165, 1.54) is 0 Å². The summed E-state index contributed by atoms with van der Waals surface area (Å²) in [5.41, 5.74) is 0.864. The van der Waals surface area contributed by atoms with Crippen molar-refractivity contribution in [3.8, 4) is 0 Å². The van der Waals surface area contributed by atoms with Crippen molar-refractivity contribution in [2.45, 2.75) is 18.5 Å². The highest BCUT2D eigenvalue weighted by Crippen LogP contribution is 2.23. The zero-order chi connectivity index (χ0) is 11.0. The van der Waals surface area contributed by atoms with Gasteiger partial charge in [0.05, 0.1) is 0 Å². The van der Waals surface area contributed by atoms with Gasteiger partial charge in [-0.1, -0.05) is 18.2 Å². The summed E-state index contributed by atoms with van der Waals surface area (Å²) in [6, 6.07) is 10.5. The van der Waals surface area contributed by atoms with Crippen LogP contribution in [-0.2, 0) is 0 Å². The van der Waals surface area contributed by atoms with Crippen LogP contribution in [0.5, 0.6) is 0 Å². The van der Waals surface area contributed by atoms with Gasteiger partial charge in [0.25, 0.3) is 0 Å². The molecule has 0 saturated carbocycles. The summed E-state index contributed by atoms with van der Waals surface area (Å²) < 4.78 is 0. The normalized spacial score (nSPS) is 27.1. The molecule has 0 aromatic heterocycles. The smallest absolute Gasteiger partial charge is 0.319 e. The van der Waals surface area contributed by atoms with Crippen molar-refractivity contribution in [3.05, 3.63) is 30.3 Å². The Morgan fingerprint density at radius 3 is 2.81 bits per heavy atom. The lowest BCUT2D eigenvalue weighted by Gasteiger charge is -2.27. The van der Waals surface area contributed by atoms with E-state index in [4.69, 9.17) is 0 Å². The van der Waals surface area contributed by atoms with Gasteiger partial charge in [-0.05, 0) is 18.6 Å². The molecule has 84 valence electrons. The fourth-order valence-electron chi connectivity index (χ4n) is 2.53. The van der Waals surface area contributed by atoms with E-state index in [9.17, 15) is 4.79 Å². The number of rotatable bonds is 1. The first kappa shape index (κ1) is 9.66. The molecule has 2 N–H and O–H groups in total. The molecule has 0 radical (unpaired) electrons. The van der Waals surface area contributed by atoms with E-state index in [-0.39, 0.29) is 6.03 Å². The summed E-state index contributed by atoms with van der Waals surface area (Å²) in [7, 11) is 0. The number of urea groups is 1. The third-order valence-electron chi connectivity index (χ3n) is 3.34. The number of anilines is 1. The summed E-state index contributed by atoms with van der Waals surface area (Å²) in [6.45, 7) is 1.77. The van der Waals surface area contributed by atoms with Crippen molar-refractivity contribution in [2.75, 3.05) is 18.4 Å². The van der Waals surface area contributed by atoms with Crippen LogP contribution < -0.4 is 10.6 Å². The molecule has 2 heterocycles. The lowest BCUT2D eigenvalue weighted by atomic mass is 10.2. The van der Waals surface area contributed by atoms with Gasteiger partial charge in [0.15, 0.2) is 0 Å². The molecule has 2 amide bonds.